The Morgan fingerprint density at radius 1 is 1.32 bits per heavy atom. The zero-order chi connectivity index (χ0) is 26.6. The molecule has 0 saturated carbocycles. The number of rotatable bonds is 8. The highest BCUT2D eigenvalue weighted by molar-refractivity contribution is 5.85. The molecule has 4 aromatic rings. The van der Waals surface area contributed by atoms with Crippen molar-refractivity contribution in [2.45, 2.75) is 38.3 Å². The first-order valence-electron chi connectivity index (χ1n) is 12.1. The van der Waals surface area contributed by atoms with Gasteiger partial charge in [0.05, 0.1) is 46.7 Å². The molecule has 1 aliphatic rings. The van der Waals surface area contributed by atoms with Crippen LogP contribution in [0.3, 0.4) is 0 Å². The average molecular weight is 523 g/mol. The maximum absolute atomic E-state index is 13.1. The van der Waals surface area contributed by atoms with Crippen molar-refractivity contribution in [2.75, 3.05) is 19.8 Å². The lowest BCUT2D eigenvalue weighted by atomic mass is 10.1. The quantitative estimate of drug-likeness (QED) is 0.363. The number of amides is 1. The first kappa shape index (κ1) is 25.3. The van der Waals surface area contributed by atoms with Crippen LogP contribution >= 0.6 is 0 Å². The van der Waals surface area contributed by atoms with Crippen LogP contribution in [0.1, 0.15) is 29.9 Å². The number of aromatic nitrogens is 4. The summed E-state index contributed by atoms with van der Waals surface area (Å²) in [5, 5.41) is 17.8. The predicted molar refractivity (Wildman–Crippen MR) is 133 cm³/mol. The summed E-state index contributed by atoms with van der Waals surface area (Å²) in [6.45, 7) is 0.0243. The summed E-state index contributed by atoms with van der Waals surface area (Å²) < 4.78 is 36.8. The van der Waals surface area contributed by atoms with Crippen LogP contribution in [0.2, 0.25) is 0 Å². The van der Waals surface area contributed by atoms with Gasteiger partial charge in [0.1, 0.15) is 30.8 Å². The number of nitrogens with zero attached hydrogens (tertiary/aromatic N) is 4. The number of nitriles is 1. The smallest absolute Gasteiger partial charge is 0.275 e. The Balaban J connectivity index is 1.45. The second-order valence-electron chi connectivity index (χ2n) is 8.98. The standard InChI is InChI=1S/C26H24F2N6O4/c27-23(28)14-38-22-9-21-20(8-15(22)11-29)31-24(32-21)10-19-17-5-1-2-6-18(17)26(36)34(33-19)12-25(35)30-16-4-3-7-37-13-16/h1-2,5-6,8-9,16,23H,3-4,7,10,12-14H2,(H,30,35)(H,31,32). The van der Waals surface area contributed by atoms with Gasteiger partial charge in [-0.2, -0.15) is 10.4 Å². The third kappa shape index (κ3) is 5.47. The molecule has 2 aromatic carbocycles. The van der Waals surface area contributed by atoms with Crippen molar-refractivity contribution in [3.05, 3.63) is 63.8 Å². The zero-order valence-corrected chi connectivity index (χ0v) is 20.2. The fraction of sp³-hybridized carbons (Fsp3) is 0.346. The Labute approximate surface area is 215 Å². The number of carbonyl (C=O) groups is 1. The van der Waals surface area contributed by atoms with Crippen molar-refractivity contribution >= 4 is 27.7 Å². The first-order valence-corrected chi connectivity index (χ1v) is 12.1. The van der Waals surface area contributed by atoms with Crippen LogP contribution in [-0.4, -0.2) is 57.9 Å². The van der Waals surface area contributed by atoms with E-state index in [1.807, 2.05) is 6.07 Å². The first-order chi connectivity index (χ1) is 18.4. The zero-order valence-electron chi connectivity index (χ0n) is 20.2. The van der Waals surface area contributed by atoms with E-state index in [4.69, 9.17) is 9.47 Å². The van der Waals surface area contributed by atoms with Gasteiger partial charge in [0.2, 0.25) is 5.91 Å². The minimum atomic E-state index is -2.68. The molecule has 3 heterocycles. The molecule has 1 fully saturated rings. The minimum absolute atomic E-state index is 0.0184. The van der Waals surface area contributed by atoms with E-state index in [9.17, 15) is 23.6 Å². The van der Waals surface area contributed by atoms with Crippen LogP contribution in [0.5, 0.6) is 5.75 Å². The van der Waals surface area contributed by atoms with E-state index in [0.29, 0.717) is 46.5 Å². The van der Waals surface area contributed by atoms with E-state index in [0.717, 1.165) is 17.5 Å². The van der Waals surface area contributed by atoms with Crippen LogP contribution in [-0.2, 0) is 22.5 Å². The van der Waals surface area contributed by atoms with Crippen molar-refractivity contribution in [3.63, 3.8) is 0 Å². The Morgan fingerprint density at radius 3 is 2.87 bits per heavy atom. The van der Waals surface area contributed by atoms with Gasteiger partial charge in [-0.1, -0.05) is 18.2 Å². The molecule has 2 aromatic heterocycles. The second-order valence-corrected chi connectivity index (χ2v) is 8.98. The molecule has 0 radical (unpaired) electrons. The third-order valence-corrected chi connectivity index (χ3v) is 6.22. The number of hydrogen-bond donors (Lipinski definition) is 2. The highest BCUT2D eigenvalue weighted by Crippen LogP contribution is 2.26. The summed E-state index contributed by atoms with van der Waals surface area (Å²) in [5.74, 6) is 0.159. The number of ether oxygens (including phenoxy) is 2. The van der Waals surface area contributed by atoms with Crippen LogP contribution < -0.4 is 15.6 Å². The number of nitrogens with one attached hydrogen (secondary N) is 2. The molecule has 1 unspecified atom stereocenters. The van der Waals surface area contributed by atoms with E-state index in [1.54, 1.807) is 24.3 Å². The van der Waals surface area contributed by atoms with Gasteiger partial charge < -0.3 is 19.8 Å². The Bertz CT molecular complexity index is 1590. The number of halogens is 2. The molecule has 1 atom stereocenters. The van der Waals surface area contributed by atoms with Gasteiger partial charge >= 0.3 is 0 Å². The average Bonchev–Trinajstić information content (AvgIpc) is 3.31. The van der Waals surface area contributed by atoms with Gasteiger partial charge in [0, 0.05) is 18.1 Å². The van der Waals surface area contributed by atoms with Crippen molar-refractivity contribution in [3.8, 4) is 11.8 Å². The monoisotopic (exact) mass is 522 g/mol. The van der Waals surface area contributed by atoms with Crippen LogP contribution in [0.4, 0.5) is 8.78 Å². The van der Waals surface area contributed by atoms with Crippen LogP contribution in [0, 0.1) is 11.3 Å². The van der Waals surface area contributed by atoms with Gasteiger partial charge in [-0.15, -0.1) is 0 Å². The Morgan fingerprint density at radius 2 is 2.13 bits per heavy atom. The lowest BCUT2D eigenvalue weighted by Crippen LogP contribution is -2.43. The minimum Gasteiger partial charge on any atom is -0.486 e. The van der Waals surface area contributed by atoms with Gasteiger partial charge in [-0.3, -0.25) is 9.59 Å². The van der Waals surface area contributed by atoms with E-state index >= 15 is 0 Å². The molecule has 1 aliphatic heterocycles. The predicted octanol–water partition coefficient (Wildman–Crippen LogP) is 2.67. The molecule has 2 N–H and O–H groups in total. The fourth-order valence-corrected chi connectivity index (χ4v) is 4.50. The number of fused-ring (bicyclic) bond motifs is 2. The summed E-state index contributed by atoms with van der Waals surface area (Å²) in [6, 6.07) is 11.7. The largest absolute Gasteiger partial charge is 0.486 e. The van der Waals surface area contributed by atoms with Crippen molar-refractivity contribution < 1.29 is 23.0 Å². The molecular weight excluding hydrogens is 498 g/mol. The molecule has 196 valence electrons. The highest BCUT2D eigenvalue weighted by Gasteiger charge is 2.19. The molecule has 1 amide bonds. The maximum atomic E-state index is 13.1. The Hall–Kier alpha value is -4.37. The Kier molecular flexibility index (Phi) is 7.28. The second kappa shape index (κ2) is 10.9. The number of benzene rings is 2. The summed E-state index contributed by atoms with van der Waals surface area (Å²) in [7, 11) is 0. The number of H-pyrrole nitrogens is 1. The topological polar surface area (TPSA) is 135 Å². The number of carbonyl (C=O) groups excluding carboxylic acids is 1. The van der Waals surface area contributed by atoms with E-state index < -0.39 is 13.0 Å². The SMILES string of the molecule is N#Cc1cc2[nH]c(Cc3nn(CC(=O)NC4CCCOC4)c(=O)c4ccccc34)nc2cc1OCC(F)F. The third-order valence-electron chi connectivity index (χ3n) is 6.22. The van der Waals surface area contributed by atoms with Gasteiger partial charge in [0.15, 0.2) is 0 Å². The lowest BCUT2D eigenvalue weighted by molar-refractivity contribution is -0.123. The molecule has 12 heteroatoms. The molecule has 5 rings (SSSR count). The molecule has 1 saturated heterocycles. The molecular formula is C26H24F2N6O4. The van der Waals surface area contributed by atoms with Gasteiger partial charge in [0.25, 0.3) is 12.0 Å². The van der Waals surface area contributed by atoms with Crippen molar-refractivity contribution in [2.24, 2.45) is 0 Å². The molecule has 38 heavy (non-hydrogen) atoms. The van der Waals surface area contributed by atoms with Crippen molar-refractivity contribution in [1.82, 2.24) is 25.1 Å². The normalized spacial score (nSPS) is 15.6. The molecule has 10 nitrogen and oxygen atoms in total. The maximum Gasteiger partial charge on any atom is 0.275 e. The van der Waals surface area contributed by atoms with Gasteiger partial charge in [-0.25, -0.2) is 18.4 Å². The summed E-state index contributed by atoms with van der Waals surface area (Å²) in [6.07, 6.45) is -0.829. The lowest BCUT2D eigenvalue weighted by Gasteiger charge is -2.23. The number of alkyl halides is 2. The fourth-order valence-electron chi connectivity index (χ4n) is 4.50. The molecule has 0 aliphatic carbocycles. The van der Waals surface area contributed by atoms with E-state index in [1.165, 1.54) is 12.1 Å². The van der Waals surface area contributed by atoms with Crippen LogP contribution in [0.15, 0.2) is 41.2 Å². The number of hydrogen-bond acceptors (Lipinski definition) is 7. The summed E-state index contributed by atoms with van der Waals surface area (Å²) in [5.41, 5.74) is 1.17. The number of imidazole rings is 1. The molecule has 0 spiro atoms. The van der Waals surface area contributed by atoms with Gasteiger partial charge in [-0.05, 0) is 25.0 Å². The van der Waals surface area contributed by atoms with Crippen LogP contribution in [0.25, 0.3) is 21.8 Å². The van der Waals surface area contributed by atoms with Crippen molar-refractivity contribution in [1.29, 1.82) is 5.26 Å². The highest BCUT2D eigenvalue weighted by atomic mass is 19.3. The summed E-state index contributed by atoms with van der Waals surface area (Å²) >= 11 is 0. The van der Waals surface area contributed by atoms with E-state index in [2.05, 4.69) is 20.4 Å². The van der Waals surface area contributed by atoms with E-state index in [-0.39, 0.29) is 41.8 Å². The number of aromatic amines is 1. The summed E-state index contributed by atoms with van der Waals surface area (Å²) in [4.78, 5) is 33.4. The molecule has 0 bridgehead atoms.